The number of benzene rings is 2. The Morgan fingerprint density at radius 2 is 1.75 bits per heavy atom. The molecule has 0 saturated heterocycles. The number of carboxylic acid groups (broad SMARTS) is 1. The van der Waals surface area contributed by atoms with Crippen molar-refractivity contribution in [1.29, 1.82) is 0 Å². The summed E-state index contributed by atoms with van der Waals surface area (Å²) in [6, 6.07) is 16.8. The molecule has 3 atom stereocenters. The molecular weight excluding hydrogens is 302 g/mol. The van der Waals surface area contributed by atoms with Crippen molar-refractivity contribution in [2.24, 2.45) is 16.1 Å². The predicted octanol–water partition coefficient (Wildman–Crippen LogP) is 4.39. The highest BCUT2D eigenvalue weighted by Crippen LogP contribution is 2.40. The zero-order valence-corrected chi connectivity index (χ0v) is 13.4. The number of hydrogen-bond donors (Lipinski definition) is 2. The van der Waals surface area contributed by atoms with Crippen LogP contribution in [0.3, 0.4) is 0 Å². The first-order chi connectivity index (χ1) is 11.6. The number of carbonyl (C=O) groups is 1. The zero-order chi connectivity index (χ0) is 16.9. The Labute approximate surface area is 141 Å². The maximum absolute atomic E-state index is 11.6. The van der Waals surface area contributed by atoms with Crippen LogP contribution in [0, 0.1) is 5.92 Å². The van der Waals surface area contributed by atoms with Crippen LogP contribution in [0.2, 0.25) is 0 Å². The highest BCUT2D eigenvalue weighted by atomic mass is 16.4. The topological polar surface area (TPSA) is 88.0 Å². The molecule has 0 heterocycles. The first-order valence-corrected chi connectivity index (χ1v) is 8.18. The number of rotatable bonds is 4. The predicted molar refractivity (Wildman–Crippen MR) is 93.3 cm³/mol. The average Bonchev–Trinajstić information content (AvgIpc) is 2.61. The monoisotopic (exact) mass is 323 g/mol. The Hall–Kier alpha value is -2.69. The van der Waals surface area contributed by atoms with Crippen molar-refractivity contribution < 1.29 is 9.90 Å². The molecule has 1 aliphatic carbocycles. The van der Waals surface area contributed by atoms with Crippen LogP contribution in [0.5, 0.6) is 0 Å². The van der Waals surface area contributed by atoms with Crippen molar-refractivity contribution >= 4 is 17.3 Å². The molecule has 2 aromatic carbocycles. The van der Waals surface area contributed by atoms with E-state index in [1.165, 1.54) is 0 Å². The molecule has 3 unspecified atom stereocenters. The van der Waals surface area contributed by atoms with Gasteiger partial charge in [0.05, 0.1) is 17.6 Å². The van der Waals surface area contributed by atoms with Crippen molar-refractivity contribution in [3.63, 3.8) is 0 Å². The summed E-state index contributed by atoms with van der Waals surface area (Å²) in [5.74, 6) is -1.06. The molecule has 0 aromatic heterocycles. The van der Waals surface area contributed by atoms with E-state index in [1.54, 1.807) is 0 Å². The van der Waals surface area contributed by atoms with Crippen molar-refractivity contribution in [2.45, 2.75) is 31.2 Å². The third-order valence-electron chi connectivity index (χ3n) is 4.65. The van der Waals surface area contributed by atoms with E-state index in [0.717, 1.165) is 23.4 Å². The Kier molecular flexibility index (Phi) is 4.89. The largest absolute Gasteiger partial charge is 0.481 e. The van der Waals surface area contributed by atoms with Crippen molar-refractivity contribution in [1.82, 2.24) is 0 Å². The number of aliphatic carboxylic acids is 1. The normalized spacial score (nSPS) is 24.1. The summed E-state index contributed by atoms with van der Waals surface area (Å²) in [6.45, 7) is 0. The van der Waals surface area contributed by atoms with E-state index in [9.17, 15) is 9.90 Å². The minimum Gasteiger partial charge on any atom is -0.481 e. The number of nitrogen functional groups attached to an aromatic ring is 1. The molecule has 0 spiro atoms. The molecule has 1 aliphatic rings. The van der Waals surface area contributed by atoms with Gasteiger partial charge in [-0.1, -0.05) is 36.4 Å². The molecule has 3 rings (SSSR count). The third kappa shape index (κ3) is 3.62. The number of para-hydroxylation sites is 1. The van der Waals surface area contributed by atoms with E-state index in [-0.39, 0.29) is 12.0 Å². The van der Waals surface area contributed by atoms with Crippen LogP contribution >= 0.6 is 0 Å². The molecular formula is C19H21N3O2. The number of anilines is 1. The molecule has 0 radical (unpaired) electrons. The second kappa shape index (κ2) is 7.25. The average molecular weight is 323 g/mol. The van der Waals surface area contributed by atoms with Gasteiger partial charge in [0.15, 0.2) is 0 Å². The summed E-state index contributed by atoms with van der Waals surface area (Å²) in [5.41, 5.74) is 8.67. The summed E-state index contributed by atoms with van der Waals surface area (Å²) in [7, 11) is 0. The second-order valence-electron chi connectivity index (χ2n) is 6.20. The van der Waals surface area contributed by atoms with Gasteiger partial charge in [-0.3, -0.25) is 4.79 Å². The van der Waals surface area contributed by atoms with Gasteiger partial charge in [0.1, 0.15) is 0 Å². The Morgan fingerprint density at radius 1 is 1.04 bits per heavy atom. The van der Waals surface area contributed by atoms with Gasteiger partial charge in [0.2, 0.25) is 0 Å². The van der Waals surface area contributed by atoms with Crippen LogP contribution in [-0.2, 0) is 4.79 Å². The van der Waals surface area contributed by atoms with Crippen LogP contribution in [0.15, 0.2) is 64.8 Å². The molecule has 0 bridgehead atoms. The summed E-state index contributed by atoms with van der Waals surface area (Å²) in [6.07, 6.45) is 2.05. The van der Waals surface area contributed by atoms with Gasteiger partial charge in [-0.25, -0.2) is 0 Å². The van der Waals surface area contributed by atoms with E-state index in [1.807, 2.05) is 54.6 Å². The third-order valence-corrected chi connectivity index (χ3v) is 4.65. The van der Waals surface area contributed by atoms with Crippen LogP contribution in [0.25, 0.3) is 0 Å². The van der Waals surface area contributed by atoms with Gasteiger partial charge < -0.3 is 10.8 Å². The second-order valence-corrected chi connectivity index (χ2v) is 6.20. The summed E-state index contributed by atoms with van der Waals surface area (Å²) in [5, 5.41) is 18.1. The molecule has 0 aliphatic heterocycles. The number of carboxylic acids is 1. The lowest BCUT2D eigenvalue weighted by Gasteiger charge is -2.31. The minimum absolute atomic E-state index is 0.224. The van der Waals surface area contributed by atoms with Crippen molar-refractivity contribution in [3.05, 3.63) is 60.2 Å². The fourth-order valence-electron chi connectivity index (χ4n) is 3.36. The molecule has 2 aromatic rings. The number of hydrogen-bond acceptors (Lipinski definition) is 4. The molecule has 1 saturated carbocycles. The van der Waals surface area contributed by atoms with Crippen molar-refractivity contribution in [2.75, 3.05) is 5.73 Å². The Morgan fingerprint density at radius 3 is 2.46 bits per heavy atom. The smallest absolute Gasteiger partial charge is 0.308 e. The summed E-state index contributed by atoms with van der Waals surface area (Å²) in [4.78, 5) is 11.6. The van der Waals surface area contributed by atoms with Crippen LogP contribution < -0.4 is 5.73 Å². The first kappa shape index (κ1) is 16.2. The Bertz CT molecular complexity index is 730. The maximum atomic E-state index is 11.6. The van der Waals surface area contributed by atoms with E-state index < -0.39 is 11.9 Å². The SMILES string of the molecule is Nc1ccccc1C1CCC(C(=O)O)C(N=Nc2ccccc2)C1. The van der Waals surface area contributed by atoms with Gasteiger partial charge in [-0.05, 0) is 48.9 Å². The lowest BCUT2D eigenvalue weighted by Crippen LogP contribution is -2.33. The molecule has 5 nitrogen and oxygen atoms in total. The zero-order valence-electron chi connectivity index (χ0n) is 13.4. The fourth-order valence-corrected chi connectivity index (χ4v) is 3.36. The van der Waals surface area contributed by atoms with Crippen LogP contribution in [0.1, 0.15) is 30.7 Å². The number of azo groups is 1. The van der Waals surface area contributed by atoms with Crippen LogP contribution in [0.4, 0.5) is 11.4 Å². The summed E-state index contributed by atoms with van der Waals surface area (Å²) < 4.78 is 0. The molecule has 3 N–H and O–H groups in total. The highest BCUT2D eigenvalue weighted by molar-refractivity contribution is 5.71. The quantitative estimate of drug-likeness (QED) is 0.646. The lowest BCUT2D eigenvalue weighted by molar-refractivity contribution is -0.143. The van der Waals surface area contributed by atoms with Gasteiger partial charge >= 0.3 is 5.97 Å². The van der Waals surface area contributed by atoms with Gasteiger partial charge in [-0.2, -0.15) is 10.2 Å². The lowest BCUT2D eigenvalue weighted by atomic mass is 9.75. The maximum Gasteiger partial charge on any atom is 0.308 e. The van der Waals surface area contributed by atoms with E-state index in [2.05, 4.69) is 10.2 Å². The molecule has 24 heavy (non-hydrogen) atoms. The number of nitrogens with zero attached hydrogens (tertiary/aromatic N) is 2. The van der Waals surface area contributed by atoms with E-state index in [4.69, 9.17) is 5.73 Å². The molecule has 0 amide bonds. The molecule has 124 valence electrons. The van der Waals surface area contributed by atoms with Gasteiger partial charge in [0, 0.05) is 5.69 Å². The first-order valence-electron chi connectivity index (χ1n) is 8.18. The molecule has 1 fully saturated rings. The fraction of sp³-hybridized carbons (Fsp3) is 0.316. The summed E-state index contributed by atoms with van der Waals surface area (Å²) >= 11 is 0. The standard InChI is InChI=1S/C19H21N3O2/c20-17-9-5-4-8-15(17)13-10-11-16(19(23)24)18(12-13)22-21-14-6-2-1-3-7-14/h1-9,13,16,18H,10-12,20H2,(H,23,24). The van der Waals surface area contributed by atoms with Gasteiger partial charge in [0.25, 0.3) is 0 Å². The van der Waals surface area contributed by atoms with Crippen molar-refractivity contribution in [3.8, 4) is 0 Å². The van der Waals surface area contributed by atoms with E-state index in [0.29, 0.717) is 12.8 Å². The number of nitrogens with two attached hydrogens (primary N) is 1. The van der Waals surface area contributed by atoms with Crippen LogP contribution in [-0.4, -0.2) is 17.1 Å². The Balaban J connectivity index is 1.81. The van der Waals surface area contributed by atoms with Gasteiger partial charge in [-0.15, -0.1) is 0 Å². The van der Waals surface area contributed by atoms with E-state index >= 15 is 0 Å². The molecule has 5 heteroatoms. The highest BCUT2D eigenvalue weighted by Gasteiger charge is 2.36. The minimum atomic E-state index is -0.800.